The third-order valence-electron chi connectivity index (χ3n) is 1.81. The summed E-state index contributed by atoms with van der Waals surface area (Å²) in [7, 11) is 1.92. The molecule has 0 spiro atoms. The lowest BCUT2D eigenvalue weighted by Crippen LogP contribution is -2.27. The molecular formula is C7H12IN3. The second kappa shape index (κ2) is 4.06. The lowest BCUT2D eigenvalue weighted by Gasteiger charge is -2.23. The average Bonchev–Trinajstić information content (AvgIpc) is 2.04. The van der Waals surface area contributed by atoms with Crippen LogP contribution in [-0.4, -0.2) is 29.5 Å². The van der Waals surface area contributed by atoms with E-state index < -0.39 is 0 Å². The molecule has 4 heteroatoms. The molecule has 0 aromatic rings. The SMILES string of the molecule is CNC1=C(C=N)CN(I)CC1. The summed E-state index contributed by atoms with van der Waals surface area (Å²) in [5, 5.41) is 10.3. The maximum atomic E-state index is 7.17. The van der Waals surface area contributed by atoms with Gasteiger partial charge in [-0.1, -0.05) is 0 Å². The average molecular weight is 265 g/mol. The van der Waals surface area contributed by atoms with Gasteiger partial charge in [0.2, 0.25) is 0 Å². The van der Waals surface area contributed by atoms with Crippen molar-refractivity contribution in [1.29, 1.82) is 5.41 Å². The van der Waals surface area contributed by atoms with E-state index in [-0.39, 0.29) is 0 Å². The van der Waals surface area contributed by atoms with Gasteiger partial charge in [-0.3, -0.25) is 0 Å². The van der Waals surface area contributed by atoms with Gasteiger partial charge in [-0.25, -0.2) is 3.11 Å². The molecule has 1 aliphatic rings. The monoisotopic (exact) mass is 265 g/mol. The first kappa shape index (κ1) is 8.99. The maximum absolute atomic E-state index is 7.17. The lowest BCUT2D eigenvalue weighted by atomic mass is 10.1. The van der Waals surface area contributed by atoms with E-state index in [0.29, 0.717) is 0 Å². The second-order valence-corrected chi connectivity index (χ2v) is 3.86. The van der Waals surface area contributed by atoms with Crippen molar-refractivity contribution < 1.29 is 0 Å². The van der Waals surface area contributed by atoms with Crippen molar-refractivity contribution in [2.45, 2.75) is 6.42 Å². The van der Waals surface area contributed by atoms with Crippen molar-refractivity contribution in [3.8, 4) is 0 Å². The van der Waals surface area contributed by atoms with Crippen LogP contribution >= 0.6 is 22.9 Å². The first-order chi connectivity index (χ1) is 5.27. The molecule has 1 aliphatic heterocycles. The van der Waals surface area contributed by atoms with Gasteiger partial charge in [-0.2, -0.15) is 0 Å². The van der Waals surface area contributed by atoms with E-state index in [0.717, 1.165) is 25.1 Å². The van der Waals surface area contributed by atoms with Gasteiger partial charge in [-0.15, -0.1) is 0 Å². The van der Waals surface area contributed by atoms with Crippen LogP contribution in [0.3, 0.4) is 0 Å². The highest BCUT2D eigenvalue weighted by Crippen LogP contribution is 2.16. The first-order valence-electron chi connectivity index (χ1n) is 3.59. The Kier molecular flexibility index (Phi) is 3.32. The van der Waals surface area contributed by atoms with Crippen LogP contribution in [0, 0.1) is 5.41 Å². The number of nitrogens with zero attached hydrogens (tertiary/aromatic N) is 1. The van der Waals surface area contributed by atoms with Crippen molar-refractivity contribution in [1.82, 2.24) is 8.43 Å². The minimum atomic E-state index is 0.889. The van der Waals surface area contributed by atoms with Gasteiger partial charge in [0.25, 0.3) is 0 Å². The summed E-state index contributed by atoms with van der Waals surface area (Å²) >= 11 is 2.29. The van der Waals surface area contributed by atoms with E-state index in [2.05, 4.69) is 31.3 Å². The molecule has 0 bridgehead atoms. The topological polar surface area (TPSA) is 39.1 Å². The van der Waals surface area contributed by atoms with Gasteiger partial charge in [0.1, 0.15) is 0 Å². The lowest BCUT2D eigenvalue weighted by molar-refractivity contribution is 0.516. The van der Waals surface area contributed by atoms with Crippen LogP contribution in [0.15, 0.2) is 11.3 Å². The molecule has 0 radical (unpaired) electrons. The highest BCUT2D eigenvalue weighted by atomic mass is 127. The predicted molar refractivity (Wildman–Crippen MR) is 55.1 cm³/mol. The third-order valence-corrected chi connectivity index (χ3v) is 2.63. The predicted octanol–water partition coefficient (Wildman–Crippen LogP) is 1.17. The van der Waals surface area contributed by atoms with Gasteiger partial charge in [-0.05, 0) is 0 Å². The van der Waals surface area contributed by atoms with Crippen molar-refractivity contribution >= 4 is 29.1 Å². The Hall–Kier alpha value is -0.100. The molecule has 11 heavy (non-hydrogen) atoms. The number of halogens is 1. The summed E-state index contributed by atoms with van der Waals surface area (Å²) in [5.74, 6) is 0. The smallest absolute Gasteiger partial charge is 0.0364 e. The highest BCUT2D eigenvalue weighted by Gasteiger charge is 2.13. The van der Waals surface area contributed by atoms with Gasteiger partial charge < -0.3 is 10.7 Å². The molecule has 0 amide bonds. The number of nitrogens with one attached hydrogen (secondary N) is 2. The van der Waals surface area contributed by atoms with E-state index in [1.54, 1.807) is 0 Å². The molecule has 1 rings (SSSR count). The Morgan fingerprint density at radius 3 is 3.00 bits per heavy atom. The normalized spacial score (nSPS) is 20.2. The van der Waals surface area contributed by atoms with Crippen molar-refractivity contribution in [2.75, 3.05) is 20.1 Å². The number of hydrogen-bond donors (Lipinski definition) is 2. The zero-order chi connectivity index (χ0) is 8.27. The molecule has 0 aliphatic carbocycles. The third kappa shape index (κ3) is 2.16. The van der Waals surface area contributed by atoms with Crippen molar-refractivity contribution in [3.05, 3.63) is 11.3 Å². The van der Waals surface area contributed by atoms with Crippen LogP contribution in [0.5, 0.6) is 0 Å². The van der Waals surface area contributed by atoms with E-state index in [1.165, 1.54) is 11.9 Å². The molecule has 0 aromatic carbocycles. The van der Waals surface area contributed by atoms with Gasteiger partial charge in [0.05, 0.1) is 0 Å². The van der Waals surface area contributed by atoms with Crippen LogP contribution in [0.1, 0.15) is 6.42 Å². The summed E-state index contributed by atoms with van der Waals surface area (Å²) in [6.07, 6.45) is 2.47. The fourth-order valence-corrected chi connectivity index (χ4v) is 1.78. The molecule has 0 fully saturated rings. The number of hydrogen-bond acceptors (Lipinski definition) is 3. The molecule has 2 N–H and O–H groups in total. The van der Waals surface area contributed by atoms with Gasteiger partial charge in [0, 0.05) is 66.9 Å². The minimum absolute atomic E-state index is 0.889. The van der Waals surface area contributed by atoms with E-state index in [1.807, 2.05) is 7.05 Å². The maximum Gasteiger partial charge on any atom is 0.0364 e. The molecule has 0 saturated carbocycles. The Morgan fingerprint density at radius 2 is 2.45 bits per heavy atom. The van der Waals surface area contributed by atoms with Crippen LogP contribution < -0.4 is 5.32 Å². The Balaban J connectivity index is 2.74. The molecule has 0 saturated heterocycles. The van der Waals surface area contributed by atoms with Crippen LogP contribution in [0.4, 0.5) is 0 Å². The molecule has 3 nitrogen and oxygen atoms in total. The summed E-state index contributed by atoms with van der Waals surface area (Å²) in [5.41, 5.74) is 2.32. The molecular weight excluding hydrogens is 253 g/mol. The summed E-state index contributed by atoms with van der Waals surface area (Å²) in [4.78, 5) is 0. The number of rotatable bonds is 2. The zero-order valence-corrected chi connectivity index (χ0v) is 8.68. The van der Waals surface area contributed by atoms with Crippen molar-refractivity contribution in [2.24, 2.45) is 0 Å². The van der Waals surface area contributed by atoms with E-state index >= 15 is 0 Å². The molecule has 0 aromatic heterocycles. The summed E-state index contributed by atoms with van der Waals surface area (Å²) in [6, 6.07) is 0. The summed E-state index contributed by atoms with van der Waals surface area (Å²) < 4.78 is 2.19. The summed E-state index contributed by atoms with van der Waals surface area (Å²) in [6.45, 7) is 1.97. The Labute approximate surface area is 80.8 Å². The van der Waals surface area contributed by atoms with Crippen molar-refractivity contribution in [3.63, 3.8) is 0 Å². The largest absolute Gasteiger partial charge is 0.391 e. The van der Waals surface area contributed by atoms with Crippen LogP contribution in [0.2, 0.25) is 0 Å². The fraction of sp³-hybridized carbons (Fsp3) is 0.571. The Bertz CT molecular complexity index is 188. The van der Waals surface area contributed by atoms with E-state index in [4.69, 9.17) is 5.41 Å². The highest BCUT2D eigenvalue weighted by molar-refractivity contribution is 14.1. The molecule has 1 heterocycles. The molecule has 62 valence electrons. The van der Waals surface area contributed by atoms with Gasteiger partial charge >= 0.3 is 0 Å². The quantitative estimate of drug-likeness (QED) is 0.447. The van der Waals surface area contributed by atoms with E-state index in [9.17, 15) is 0 Å². The standard InChI is InChI=1S/C7H12IN3/c1-10-7-2-3-11(8)5-6(7)4-9/h4,9-10H,2-3,5H2,1H3. The first-order valence-corrected chi connectivity index (χ1v) is 4.55. The van der Waals surface area contributed by atoms with Crippen LogP contribution in [0.25, 0.3) is 0 Å². The molecule has 0 atom stereocenters. The Morgan fingerprint density at radius 1 is 1.73 bits per heavy atom. The van der Waals surface area contributed by atoms with Crippen LogP contribution in [-0.2, 0) is 0 Å². The zero-order valence-electron chi connectivity index (χ0n) is 6.52. The minimum Gasteiger partial charge on any atom is -0.391 e. The second-order valence-electron chi connectivity index (χ2n) is 2.49. The van der Waals surface area contributed by atoms with Gasteiger partial charge in [0.15, 0.2) is 0 Å². The fourth-order valence-electron chi connectivity index (χ4n) is 1.17. The molecule has 0 unspecified atom stereocenters.